The van der Waals surface area contributed by atoms with Crippen LogP contribution in [-0.4, -0.2) is 12.3 Å². The molecule has 1 nitrogen and oxygen atoms in total. The zero-order valence-electron chi connectivity index (χ0n) is 8.05. The van der Waals surface area contributed by atoms with E-state index in [0.717, 1.165) is 11.4 Å². The Morgan fingerprint density at radius 3 is 3.07 bits per heavy atom. The third kappa shape index (κ3) is 2.08. The van der Waals surface area contributed by atoms with Crippen LogP contribution < -0.4 is 5.73 Å². The van der Waals surface area contributed by atoms with Crippen LogP contribution >= 0.6 is 23.4 Å². The van der Waals surface area contributed by atoms with Gasteiger partial charge in [-0.25, -0.2) is 0 Å². The van der Waals surface area contributed by atoms with E-state index in [1.165, 1.54) is 34.6 Å². The average molecular weight is 228 g/mol. The van der Waals surface area contributed by atoms with Crippen LogP contribution in [0.15, 0.2) is 17.0 Å². The second kappa shape index (κ2) is 4.56. The molecule has 1 aliphatic rings. The summed E-state index contributed by atoms with van der Waals surface area (Å²) in [5.41, 5.74) is 8.23. The fourth-order valence-corrected chi connectivity index (χ4v) is 3.27. The lowest BCUT2D eigenvalue weighted by Crippen LogP contribution is -2.05. The summed E-state index contributed by atoms with van der Waals surface area (Å²) in [4.78, 5) is 1.29. The Morgan fingerprint density at radius 1 is 1.43 bits per heavy atom. The van der Waals surface area contributed by atoms with Crippen molar-refractivity contribution in [2.24, 2.45) is 5.73 Å². The molecule has 0 saturated carbocycles. The Kier molecular flexibility index (Phi) is 3.37. The largest absolute Gasteiger partial charge is 0.330 e. The number of rotatable bonds is 2. The molecule has 0 aliphatic carbocycles. The van der Waals surface area contributed by atoms with Gasteiger partial charge < -0.3 is 5.73 Å². The molecule has 0 spiro atoms. The lowest BCUT2D eigenvalue weighted by molar-refractivity contribution is 0.878. The van der Waals surface area contributed by atoms with Crippen molar-refractivity contribution in [1.82, 2.24) is 0 Å². The molecule has 0 unspecified atom stereocenters. The second-order valence-corrected chi connectivity index (χ2v) is 5.07. The van der Waals surface area contributed by atoms with Crippen molar-refractivity contribution >= 4 is 23.4 Å². The van der Waals surface area contributed by atoms with Crippen molar-refractivity contribution in [2.45, 2.75) is 24.2 Å². The van der Waals surface area contributed by atoms with E-state index in [1.807, 2.05) is 11.8 Å². The highest BCUT2D eigenvalue weighted by molar-refractivity contribution is 7.99. The number of hydrogen-bond acceptors (Lipinski definition) is 2. The van der Waals surface area contributed by atoms with Crippen molar-refractivity contribution in [2.75, 3.05) is 12.3 Å². The van der Waals surface area contributed by atoms with E-state index < -0.39 is 0 Å². The minimum absolute atomic E-state index is 0.697. The van der Waals surface area contributed by atoms with Gasteiger partial charge in [-0.2, -0.15) is 0 Å². The minimum Gasteiger partial charge on any atom is -0.330 e. The molecule has 0 saturated heterocycles. The van der Waals surface area contributed by atoms with Gasteiger partial charge in [-0.05, 0) is 48.8 Å². The van der Waals surface area contributed by atoms with Crippen LogP contribution in [0.5, 0.6) is 0 Å². The van der Waals surface area contributed by atoms with Crippen molar-refractivity contribution in [3.63, 3.8) is 0 Å². The molecule has 2 rings (SSSR count). The Balaban J connectivity index is 2.36. The van der Waals surface area contributed by atoms with Crippen molar-refractivity contribution in [3.05, 3.63) is 28.3 Å². The Morgan fingerprint density at radius 2 is 2.29 bits per heavy atom. The van der Waals surface area contributed by atoms with E-state index in [2.05, 4.69) is 12.1 Å². The molecule has 0 aromatic heterocycles. The van der Waals surface area contributed by atoms with Crippen molar-refractivity contribution in [1.29, 1.82) is 0 Å². The zero-order valence-corrected chi connectivity index (χ0v) is 9.63. The van der Waals surface area contributed by atoms with Gasteiger partial charge >= 0.3 is 0 Å². The number of benzene rings is 1. The molecule has 1 aromatic carbocycles. The molecule has 2 N–H and O–H groups in total. The third-order valence-corrected chi connectivity index (χ3v) is 4.12. The van der Waals surface area contributed by atoms with Gasteiger partial charge in [-0.15, -0.1) is 11.8 Å². The summed E-state index contributed by atoms with van der Waals surface area (Å²) in [5.74, 6) is 1.20. The van der Waals surface area contributed by atoms with Gasteiger partial charge in [-0.3, -0.25) is 0 Å². The third-order valence-electron chi connectivity index (χ3n) is 2.45. The summed E-state index contributed by atoms with van der Waals surface area (Å²) in [7, 11) is 0. The molecule has 76 valence electrons. The standard InChI is InChI=1S/C11H14ClNS/c12-10-7-8(3-4-13)6-9-2-1-5-14-11(9)10/h6-7H,1-5,13H2. The molecule has 0 atom stereocenters. The fourth-order valence-electron chi connectivity index (χ4n) is 1.81. The first-order chi connectivity index (χ1) is 6.81. The van der Waals surface area contributed by atoms with Crippen LogP contribution in [0.3, 0.4) is 0 Å². The van der Waals surface area contributed by atoms with Crippen molar-refractivity contribution in [3.8, 4) is 0 Å². The number of halogens is 1. The summed E-state index contributed by atoms with van der Waals surface area (Å²) in [6.45, 7) is 0.697. The predicted octanol–water partition coefficient (Wildman–Crippen LogP) is 2.88. The fraction of sp³-hybridized carbons (Fsp3) is 0.455. The maximum absolute atomic E-state index is 6.22. The van der Waals surface area contributed by atoms with Crippen LogP contribution in [0.4, 0.5) is 0 Å². The van der Waals surface area contributed by atoms with E-state index in [-0.39, 0.29) is 0 Å². The lowest BCUT2D eigenvalue weighted by atomic mass is 10.0. The van der Waals surface area contributed by atoms with Crippen LogP contribution in [-0.2, 0) is 12.8 Å². The second-order valence-electron chi connectivity index (χ2n) is 3.56. The monoisotopic (exact) mass is 227 g/mol. The lowest BCUT2D eigenvalue weighted by Gasteiger charge is -2.17. The molecule has 0 amide bonds. The summed E-state index contributed by atoms with van der Waals surface area (Å²) in [5, 5.41) is 0.913. The molecular formula is C11H14ClNS. The van der Waals surface area contributed by atoms with Gasteiger partial charge in [0.25, 0.3) is 0 Å². The molecule has 0 radical (unpaired) electrons. The average Bonchev–Trinajstić information content (AvgIpc) is 2.18. The number of fused-ring (bicyclic) bond motifs is 1. The van der Waals surface area contributed by atoms with Gasteiger partial charge in [-0.1, -0.05) is 17.7 Å². The van der Waals surface area contributed by atoms with Crippen LogP contribution in [0, 0.1) is 0 Å². The van der Waals surface area contributed by atoms with E-state index in [9.17, 15) is 0 Å². The highest BCUT2D eigenvalue weighted by Crippen LogP contribution is 2.36. The van der Waals surface area contributed by atoms with Gasteiger partial charge in [0, 0.05) is 4.90 Å². The highest BCUT2D eigenvalue weighted by atomic mass is 35.5. The van der Waals surface area contributed by atoms with Gasteiger partial charge in [0.05, 0.1) is 5.02 Å². The normalized spacial score (nSPS) is 15.3. The number of aryl methyl sites for hydroxylation is 1. The first-order valence-corrected chi connectivity index (χ1v) is 6.32. The van der Waals surface area contributed by atoms with Gasteiger partial charge in [0.2, 0.25) is 0 Å². The van der Waals surface area contributed by atoms with E-state index in [1.54, 1.807) is 0 Å². The highest BCUT2D eigenvalue weighted by Gasteiger charge is 2.13. The first kappa shape index (κ1) is 10.3. The Bertz CT molecular complexity index is 338. The molecular weight excluding hydrogens is 214 g/mol. The summed E-state index contributed by atoms with van der Waals surface area (Å²) < 4.78 is 0. The first-order valence-electron chi connectivity index (χ1n) is 4.95. The molecule has 1 aliphatic heterocycles. The van der Waals surface area contributed by atoms with Crippen LogP contribution in [0.2, 0.25) is 5.02 Å². The summed E-state index contributed by atoms with van der Waals surface area (Å²) in [6, 6.07) is 4.33. The Labute approximate surface area is 94.0 Å². The molecule has 0 bridgehead atoms. The molecule has 0 fully saturated rings. The summed E-state index contributed by atoms with van der Waals surface area (Å²) in [6.07, 6.45) is 3.36. The minimum atomic E-state index is 0.697. The molecule has 14 heavy (non-hydrogen) atoms. The maximum atomic E-state index is 6.22. The quantitative estimate of drug-likeness (QED) is 0.841. The Hall–Kier alpha value is -0.180. The number of thioether (sulfide) groups is 1. The topological polar surface area (TPSA) is 26.0 Å². The molecule has 1 heterocycles. The number of hydrogen-bond donors (Lipinski definition) is 1. The van der Waals surface area contributed by atoms with Gasteiger partial charge in [0.15, 0.2) is 0 Å². The molecule has 3 heteroatoms. The van der Waals surface area contributed by atoms with Crippen molar-refractivity contribution < 1.29 is 0 Å². The van der Waals surface area contributed by atoms with Crippen LogP contribution in [0.25, 0.3) is 0 Å². The predicted molar refractivity (Wildman–Crippen MR) is 63.3 cm³/mol. The maximum Gasteiger partial charge on any atom is 0.0547 e. The van der Waals surface area contributed by atoms with Crippen LogP contribution in [0.1, 0.15) is 17.5 Å². The van der Waals surface area contributed by atoms with Gasteiger partial charge in [0.1, 0.15) is 0 Å². The SMILES string of the molecule is NCCc1cc(Cl)c2c(c1)CCCS2. The van der Waals surface area contributed by atoms with E-state index in [4.69, 9.17) is 17.3 Å². The smallest absolute Gasteiger partial charge is 0.0547 e. The summed E-state index contributed by atoms with van der Waals surface area (Å²) >= 11 is 8.10. The number of nitrogens with two attached hydrogens (primary N) is 1. The van der Waals surface area contributed by atoms with E-state index >= 15 is 0 Å². The molecule has 1 aromatic rings. The zero-order chi connectivity index (χ0) is 9.97. The van der Waals surface area contributed by atoms with E-state index in [0.29, 0.717) is 6.54 Å².